The van der Waals surface area contributed by atoms with Crippen LogP contribution in [0.15, 0.2) is 29.7 Å². The second-order valence-corrected chi connectivity index (χ2v) is 9.13. The smallest absolute Gasteiger partial charge is 0.393 e. The predicted molar refractivity (Wildman–Crippen MR) is 101 cm³/mol. The fourth-order valence-corrected chi connectivity index (χ4v) is 4.47. The number of hydrogen-bond donors (Lipinski definition) is 2. The van der Waals surface area contributed by atoms with Crippen LogP contribution in [0.4, 0.5) is 19.1 Å². The number of aryl methyl sites for hydroxylation is 1. The van der Waals surface area contributed by atoms with Crippen LogP contribution < -0.4 is 5.32 Å². The van der Waals surface area contributed by atoms with E-state index < -0.39 is 27.9 Å². The molecule has 2 aromatic heterocycles. The van der Waals surface area contributed by atoms with Crippen LogP contribution in [0.25, 0.3) is 0 Å². The van der Waals surface area contributed by atoms with Gasteiger partial charge in [-0.15, -0.1) is 0 Å². The van der Waals surface area contributed by atoms with E-state index in [1.165, 1.54) is 21.4 Å². The Labute approximate surface area is 172 Å². The number of piperidine rings is 1. The highest BCUT2D eigenvalue weighted by Gasteiger charge is 2.32. The third-order valence-electron chi connectivity index (χ3n) is 4.79. The third-order valence-corrected chi connectivity index (χ3v) is 6.64. The highest BCUT2D eigenvalue weighted by Crippen LogP contribution is 2.28. The number of sulfonamides is 1. The van der Waals surface area contributed by atoms with Crippen LogP contribution in [0.2, 0.25) is 0 Å². The SMILES string of the molecule is CC(O)CCn1cc(S(=O)(=O)N2CCC(Nc3ncc(C(F)(F)F)cn3)CC2)cn1. The van der Waals surface area contributed by atoms with E-state index in [2.05, 4.69) is 20.4 Å². The van der Waals surface area contributed by atoms with Gasteiger partial charge in [-0.25, -0.2) is 18.4 Å². The number of alkyl halides is 3. The van der Waals surface area contributed by atoms with Gasteiger partial charge in [-0.3, -0.25) is 4.68 Å². The Morgan fingerprint density at radius 2 is 1.87 bits per heavy atom. The van der Waals surface area contributed by atoms with Crippen molar-refractivity contribution in [2.75, 3.05) is 18.4 Å². The molecule has 9 nitrogen and oxygen atoms in total. The first-order chi connectivity index (χ1) is 14.1. The van der Waals surface area contributed by atoms with Crippen LogP contribution in [-0.2, 0) is 22.7 Å². The van der Waals surface area contributed by atoms with Crippen molar-refractivity contribution in [1.82, 2.24) is 24.1 Å². The minimum atomic E-state index is -4.50. The summed E-state index contributed by atoms with van der Waals surface area (Å²) in [5, 5.41) is 16.3. The van der Waals surface area contributed by atoms with Gasteiger partial charge < -0.3 is 10.4 Å². The van der Waals surface area contributed by atoms with Gasteiger partial charge in [0.15, 0.2) is 0 Å². The predicted octanol–water partition coefficient (Wildman–Crippen LogP) is 1.73. The molecule has 13 heteroatoms. The van der Waals surface area contributed by atoms with E-state index in [0.717, 1.165) is 0 Å². The lowest BCUT2D eigenvalue weighted by molar-refractivity contribution is -0.138. The van der Waals surface area contributed by atoms with Gasteiger partial charge in [0.1, 0.15) is 4.90 Å². The van der Waals surface area contributed by atoms with E-state index in [0.29, 0.717) is 38.2 Å². The fraction of sp³-hybridized carbons (Fsp3) is 0.588. The molecular weight excluding hydrogens is 425 g/mol. The van der Waals surface area contributed by atoms with E-state index in [9.17, 15) is 26.7 Å². The summed E-state index contributed by atoms with van der Waals surface area (Å²) in [5.74, 6) is 0.0729. The molecule has 30 heavy (non-hydrogen) atoms. The summed E-state index contributed by atoms with van der Waals surface area (Å²) in [5.41, 5.74) is -0.928. The minimum Gasteiger partial charge on any atom is -0.393 e. The summed E-state index contributed by atoms with van der Waals surface area (Å²) >= 11 is 0. The lowest BCUT2D eigenvalue weighted by Crippen LogP contribution is -2.42. The monoisotopic (exact) mass is 448 g/mol. The molecule has 1 unspecified atom stereocenters. The van der Waals surface area contributed by atoms with Crippen molar-refractivity contribution in [3.8, 4) is 0 Å². The second kappa shape index (κ2) is 8.86. The zero-order valence-electron chi connectivity index (χ0n) is 16.2. The molecule has 1 aliphatic rings. The van der Waals surface area contributed by atoms with Crippen LogP contribution in [0.3, 0.4) is 0 Å². The van der Waals surface area contributed by atoms with E-state index in [-0.39, 0.29) is 30.0 Å². The molecule has 1 saturated heterocycles. The Bertz CT molecular complexity index is 938. The molecule has 0 spiro atoms. The van der Waals surface area contributed by atoms with Crippen molar-refractivity contribution in [1.29, 1.82) is 0 Å². The first-order valence-corrected chi connectivity index (χ1v) is 10.9. The van der Waals surface area contributed by atoms with Crippen molar-refractivity contribution >= 4 is 16.0 Å². The number of nitrogens with one attached hydrogen (secondary N) is 1. The summed E-state index contributed by atoms with van der Waals surface area (Å²) in [6.07, 6.45) is 0.533. The molecule has 1 fully saturated rings. The molecule has 0 radical (unpaired) electrons. The number of aliphatic hydroxyl groups is 1. The van der Waals surface area contributed by atoms with Crippen molar-refractivity contribution in [3.05, 3.63) is 30.4 Å². The lowest BCUT2D eigenvalue weighted by Gasteiger charge is -2.31. The normalized spacial score (nSPS) is 17.8. The molecule has 2 aromatic rings. The van der Waals surface area contributed by atoms with Crippen molar-refractivity contribution in [2.24, 2.45) is 0 Å². The Kier molecular flexibility index (Phi) is 6.62. The maximum atomic E-state index is 12.8. The Hall–Kier alpha value is -2.25. The zero-order chi connectivity index (χ0) is 21.9. The molecular formula is C17H23F3N6O3S. The van der Waals surface area contributed by atoms with Crippen molar-refractivity contribution in [2.45, 2.75) is 55.9 Å². The van der Waals surface area contributed by atoms with Gasteiger partial charge in [-0.1, -0.05) is 0 Å². The van der Waals surface area contributed by atoms with Gasteiger partial charge in [0, 0.05) is 44.3 Å². The number of aromatic nitrogens is 4. The Balaban J connectivity index is 1.55. The Morgan fingerprint density at radius 1 is 1.23 bits per heavy atom. The molecule has 0 amide bonds. The molecule has 0 aromatic carbocycles. The average molecular weight is 448 g/mol. The molecule has 0 bridgehead atoms. The summed E-state index contributed by atoms with van der Waals surface area (Å²) < 4.78 is 66.2. The van der Waals surface area contributed by atoms with E-state index in [1.807, 2.05) is 0 Å². The minimum absolute atomic E-state index is 0.0729. The summed E-state index contributed by atoms with van der Waals surface area (Å²) in [7, 11) is -3.69. The quantitative estimate of drug-likeness (QED) is 0.663. The van der Waals surface area contributed by atoms with Crippen LogP contribution in [-0.4, -0.2) is 62.8 Å². The fourth-order valence-electron chi connectivity index (χ4n) is 3.04. The molecule has 1 aliphatic heterocycles. The number of anilines is 1. The van der Waals surface area contributed by atoms with Crippen LogP contribution in [0.5, 0.6) is 0 Å². The molecule has 0 saturated carbocycles. The first kappa shape index (κ1) is 22.4. The lowest BCUT2D eigenvalue weighted by atomic mass is 10.1. The molecule has 3 rings (SSSR count). The van der Waals surface area contributed by atoms with Crippen molar-refractivity contribution < 1.29 is 26.7 Å². The van der Waals surface area contributed by atoms with Gasteiger partial charge in [0.2, 0.25) is 16.0 Å². The van der Waals surface area contributed by atoms with E-state index >= 15 is 0 Å². The number of halogens is 3. The average Bonchev–Trinajstić information content (AvgIpc) is 3.16. The largest absolute Gasteiger partial charge is 0.419 e. The third kappa shape index (κ3) is 5.46. The van der Waals surface area contributed by atoms with Gasteiger partial charge in [-0.2, -0.15) is 22.6 Å². The number of rotatable bonds is 7. The van der Waals surface area contributed by atoms with Crippen LogP contribution in [0, 0.1) is 0 Å². The number of aliphatic hydroxyl groups excluding tert-OH is 1. The molecule has 2 N–H and O–H groups in total. The second-order valence-electron chi connectivity index (χ2n) is 7.19. The zero-order valence-corrected chi connectivity index (χ0v) is 17.1. The molecule has 0 aliphatic carbocycles. The molecule has 1 atom stereocenters. The summed E-state index contributed by atoms with van der Waals surface area (Å²) in [6.45, 7) is 2.56. The molecule has 3 heterocycles. The highest BCUT2D eigenvalue weighted by molar-refractivity contribution is 7.89. The van der Waals surface area contributed by atoms with Crippen LogP contribution in [0.1, 0.15) is 31.7 Å². The summed E-state index contributed by atoms with van der Waals surface area (Å²) in [4.78, 5) is 7.46. The maximum absolute atomic E-state index is 12.8. The first-order valence-electron chi connectivity index (χ1n) is 9.42. The highest BCUT2D eigenvalue weighted by atomic mass is 32.2. The van der Waals surface area contributed by atoms with Gasteiger partial charge in [0.05, 0.1) is 17.9 Å². The van der Waals surface area contributed by atoms with Gasteiger partial charge >= 0.3 is 6.18 Å². The molecule has 166 valence electrons. The summed E-state index contributed by atoms with van der Waals surface area (Å²) in [6, 6.07) is -0.151. The van der Waals surface area contributed by atoms with Crippen molar-refractivity contribution in [3.63, 3.8) is 0 Å². The Morgan fingerprint density at radius 3 is 2.43 bits per heavy atom. The van der Waals surface area contributed by atoms with E-state index in [1.54, 1.807) is 6.92 Å². The number of hydrogen-bond acceptors (Lipinski definition) is 7. The van der Waals surface area contributed by atoms with Gasteiger partial charge in [0.25, 0.3) is 0 Å². The van der Waals surface area contributed by atoms with Crippen LogP contribution >= 0.6 is 0 Å². The number of nitrogens with zero attached hydrogens (tertiary/aromatic N) is 5. The topological polar surface area (TPSA) is 113 Å². The maximum Gasteiger partial charge on any atom is 0.419 e. The standard InChI is InChI=1S/C17H23F3N6O3S/c1-12(27)2-5-25-11-15(10-23-25)30(28,29)26-6-3-14(4-7-26)24-16-21-8-13(9-22-16)17(18,19)20/h8-12,14,27H,2-7H2,1H3,(H,21,22,24). The van der Waals surface area contributed by atoms with E-state index in [4.69, 9.17) is 0 Å². The van der Waals surface area contributed by atoms with Gasteiger partial charge in [-0.05, 0) is 26.2 Å².